The standard InChI is InChI=1S/C26H43NO2/c1-23(2,20-28)18-25(5,6)27(26(7,8)19-24(3,4)21-29)22-16-14-12-10-9-11-13-15-17-22/h9-17,28-29H,18-21H2,1-8H3. The molecule has 0 unspecified atom stereocenters. The molecule has 0 aliphatic rings. The highest BCUT2D eigenvalue weighted by Gasteiger charge is 2.42. The molecule has 164 valence electrons. The smallest absolute Gasteiger partial charge is 0.0483 e. The minimum atomic E-state index is -0.213. The first-order chi connectivity index (χ1) is 13.3. The summed E-state index contributed by atoms with van der Waals surface area (Å²) in [5.41, 5.74) is 0.314. The predicted molar refractivity (Wildman–Crippen MR) is 126 cm³/mol. The van der Waals surface area contributed by atoms with E-state index >= 15 is 0 Å². The summed E-state index contributed by atoms with van der Waals surface area (Å²) in [6.07, 6.45) is 1.67. The number of hydrogen-bond donors (Lipinski definition) is 2. The van der Waals surface area contributed by atoms with Crippen molar-refractivity contribution in [3.8, 4) is 0 Å². The summed E-state index contributed by atoms with van der Waals surface area (Å²) < 4.78 is 0. The van der Waals surface area contributed by atoms with Gasteiger partial charge in [0.25, 0.3) is 0 Å². The van der Waals surface area contributed by atoms with E-state index in [2.05, 4.69) is 84.6 Å². The third-order valence-corrected chi connectivity index (χ3v) is 5.35. The Hall–Kier alpha value is -1.58. The fourth-order valence-electron chi connectivity index (χ4n) is 4.96. The van der Waals surface area contributed by atoms with E-state index in [1.54, 1.807) is 0 Å². The Morgan fingerprint density at radius 1 is 0.586 bits per heavy atom. The summed E-state index contributed by atoms with van der Waals surface area (Å²) in [6, 6.07) is 18.6. The molecule has 2 N–H and O–H groups in total. The molecular weight excluding hydrogens is 358 g/mol. The van der Waals surface area contributed by atoms with Crippen LogP contribution in [-0.2, 0) is 0 Å². The van der Waals surface area contributed by atoms with Gasteiger partial charge in [-0.25, -0.2) is 0 Å². The van der Waals surface area contributed by atoms with Gasteiger partial charge in [0.2, 0.25) is 0 Å². The fourth-order valence-corrected chi connectivity index (χ4v) is 4.96. The molecule has 3 nitrogen and oxygen atoms in total. The molecule has 0 bridgehead atoms. The monoisotopic (exact) mass is 401 g/mol. The molecule has 0 atom stereocenters. The molecule has 0 spiro atoms. The molecule has 0 saturated heterocycles. The topological polar surface area (TPSA) is 43.7 Å². The van der Waals surface area contributed by atoms with Gasteiger partial charge in [-0.15, -0.1) is 0 Å². The minimum absolute atomic E-state index is 0.148. The number of aliphatic hydroxyl groups excluding tert-OH is 2. The summed E-state index contributed by atoms with van der Waals surface area (Å²) >= 11 is 0. The van der Waals surface area contributed by atoms with E-state index in [0.29, 0.717) is 0 Å². The van der Waals surface area contributed by atoms with Crippen molar-refractivity contribution in [2.75, 3.05) is 18.1 Å². The van der Waals surface area contributed by atoms with Crippen molar-refractivity contribution in [3.63, 3.8) is 0 Å². The van der Waals surface area contributed by atoms with Crippen molar-refractivity contribution in [2.45, 2.75) is 79.3 Å². The molecule has 0 fully saturated rings. The number of nitrogens with zero attached hydrogens (tertiary/aromatic N) is 1. The van der Waals surface area contributed by atoms with Crippen LogP contribution in [0.15, 0.2) is 54.6 Å². The Morgan fingerprint density at radius 3 is 1.21 bits per heavy atom. The quantitative estimate of drug-likeness (QED) is 0.534. The van der Waals surface area contributed by atoms with E-state index in [1.807, 2.05) is 30.3 Å². The van der Waals surface area contributed by atoms with Gasteiger partial charge in [-0.3, -0.25) is 0 Å². The van der Waals surface area contributed by atoms with Crippen molar-refractivity contribution in [2.24, 2.45) is 10.8 Å². The first-order valence-electron chi connectivity index (χ1n) is 10.7. The first-order valence-corrected chi connectivity index (χ1v) is 10.7. The molecule has 1 rings (SSSR count). The SMILES string of the molecule is CC(C)(CO)CC(C)(C)N(c1ccccccccc1)C(C)(C)CC(C)(C)CO. The van der Waals surface area contributed by atoms with Gasteiger partial charge < -0.3 is 15.1 Å². The summed E-state index contributed by atoms with van der Waals surface area (Å²) in [6.45, 7) is 17.8. The van der Waals surface area contributed by atoms with Crippen LogP contribution in [0.3, 0.4) is 0 Å². The zero-order valence-corrected chi connectivity index (χ0v) is 19.9. The highest BCUT2D eigenvalue weighted by Crippen LogP contribution is 2.42. The molecule has 0 heterocycles. The van der Waals surface area contributed by atoms with Crippen LogP contribution in [0.2, 0.25) is 0 Å². The molecule has 0 amide bonds. The van der Waals surface area contributed by atoms with Gasteiger partial charge in [0.15, 0.2) is 0 Å². The second-order valence-electron chi connectivity index (χ2n) is 11.1. The van der Waals surface area contributed by atoms with Gasteiger partial charge in [-0.1, -0.05) is 70.2 Å². The van der Waals surface area contributed by atoms with Gasteiger partial charge in [0, 0.05) is 30.0 Å². The van der Waals surface area contributed by atoms with Crippen LogP contribution in [0.5, 0.6) is 0 Å². The summed E-state index contributed by atoms with van der Waals surface area (Å²) in [7, 11) is 0. The van der Waals surface area contributed by atoms with E-state index in [1.165, 1.54) is 0 Å². The summed E-state index contributed by atoms with van der Waals surface area (Å²) in [5.74, 6) is 0. The van der Waals surface area contributed by atoms with Crippen LogP contribution in [0.25, 0.3) is 0 Å². The molecule has 0 radical (unpaired) electrons. The number of aliphatic hydroxyl groups is 2. The summed E-state index contributed by atoms with van der Waals surface area (Å²) in [5, 5.41) is 19.8. The number of hydrogen-bond acceptors (Lipinski definition) is 3. The molecular formula is C26H43NO2. The maximum atomic E-state index is 9.92. The molecule has 1 aromatic rings. The summed E-state index contributed by atoms with van der Waals surface area (Å²) in [4.78, 5) is 2.48. The average Bonchev–Trinajstić information content (AvgIpc) is 2.58. The Labute approximate surface area is 179 Å². The lowest BCUT2D eigenvalue weighted by atomic mass is 9.74. The molecule has 29 heavy (non-hydrogen) atoms. The van der Waals surface area contributed by atoms with E-state index in [4.69, 9.17) is 0 Å². The molecule has 3 heteroatoms. The molecule has 0 aromatic heterocycles. The number of rotatable bonds is 9. The number of anilines is 1. The molecule has 0 saturated carbocycles. The molecule has 1 aromatic carbocycles. The van der Waals surface area contributed by atoms with Gasteiger partial charge >= 0.3 is 0 Å². The van der Waals surface area contributed by atoms with Crippen molar-refractivity contribution in [1.82, 2.24) is 0 Å². The zero-order valence-electron chi connectivity index (χ0n) is 19.9. The van der Waals surface area contributed by atoms with Gasteiger partial charge in [-0.05, 0) is 63.5 Å². The van der Waals surface area contributed by atoms with E-state index in [-0.39, 0.29) is 35.1 Å². The maximum Gasteiger partial charge on any atom is 0.0483 e. The Morgan fingerprint density at radius 2 is 0.897 bits per heavy atom. The minimum Gasteiger partial charge on any atom is -0.396 e. The first kappa shape index (κ1) is 25.5. The van der Waals surface area contributed by atoms with Crippen LogP contribution in [-0.4, -0.2) is 34.5 Å². The zero-order chi connectivity index (χ0) is 22.3. The van der Waals surface area contributed by atoms with Crippen LogP contribution in [0, 0.1) is 10.8 Å². The van der Waals surface area contributed by atoms with Crippen LogP contribution in [0.4, 0.5) is 5.69 Å². The third kappa shape index (κ3) is 7.98. The second kappa shape index (κ2) is 9.95. The lowest BCUT2D eigenvalue weighted by molar-refractivity contribution is 0.0988. The van der Waals surface area contributed by atoms with Crippen molar-refractivity contribution < 1.29 is 10.2 Å². The van der Waals surface area contributed by atoms with Gasteiger partial charge in [0.1, 0.15) is 0 Å². The van der Waals surface area contributed by atoms with Crippen molar-refractivity contribution >= 4 is 5.69 Å². The van der Waals surface area contributed by atoms with E-state index < -0.39 is 0 Å². The average molecular weight is 402 g/mol. The normalized spacial score (nSPS) is 13.0. The van der Waals surface area contributed by atoms with E-state index in [0.717, 1.165) is 18.5 Å². The fraction of sp³-hybridized carbons (Fsp3) is 0.615. The Bertz CT molecular complexity index is 636. The van der Waals surface area contributed by atoms with Gasteiger partial charge in [-0.2, -0.15) is 0 Å². The van der Waals surface area contributed by atoms with Gasteiger partial charge in [0.05, 0.1) is 0 Å². The molecule has 0 aliphatic carbocycles. The van der Waals surface area contributed by atoms with Crippen molar-refractivity contribution in [3.05, 3.63) is 54.6 Å². The molecule has 0 aliphatic heterocycles. The maximum absolute atomic E-state index is 9.92. The van der Waals surface area contributed by atoms with Crippen LogP contribution < -0.4 is 4.90 Å². The van der Waals surface area contributed by atoms with Crippen molar-refractivity contribution in [1.29, 1.82) is 0 Å². The Balaban J connectivity index is 3.62. The van der Waals surface area contributed by atoms with E-state index in [9.17, 15) is 10.2 Å². The lowest BCUT2D eigenvalue weighted by Crippen LogP contribution is -2.59. The lowest BCUT2D eigenvalue weighted by Gasteiger charge is -2.54. The third-order valence-electron chi connectivity index (χ3n) is 5.35. The highest BCUT2D eigenvalue weighted by molar-refractivity contribution is 5.50. The highest BCUT2D eigenvalue weighted by atomic mass is 16.3. The largest absolute Gasteiger partial charge is 0.396 e. The van der Waals surface area contributed by atoms with Crippen LogP contribution in [0.1, 0.15) is 68.2 Å². The predicted octanol–water partition coefficient (Wildman–Crippen LogP) is 5.99. The Kier molecular flexibility index (Phi) is 8.74. The second-order valence-corrected chi connectivity index (χ2v) is 11.1. The van der Waals surface area contributed by atoms with Crippen LogP contribution >= 0.6 is 0 Å².